The van der Waals surface area contributed by atoms with E-state index in [-0.39, 0.29) is 0 Å². The van der Waals surface area contributed by atoms with E-state index in [1.54, 1.807) is 0 Å². The number of primary amides is 1. The molecule has 2 amide bonds. The van der Waals surface area contributed by atoms with Crippen LogP contribution in [0.2, 0.25) is 0 Å². The molecule has 0 spiro atoms. The van der Waals surface area contributed by atoms with Gasteiger partial charge >= 0.3 is 6.03 Å². The lowest BCUT2D eigenvalue weighted by Crippen LogP contribution is -2.28. The molecule has 3 heteroatoms. The lowest BCUT2D eigenvalue weighted by Gasteiger charge is -2.07. The predicted octanol–water partition coefficient (Wildman–Crippen LogP) is 0.889. The molecule has 1 aliphatic carbocycles. The average Bonchev–Trinajstić information content (AvgIpc) is 1.88. The van der Waals surface area contributed by atoms with Crippen molar-refractivity contribution >= 4 is 6.03 Å². The molecule has 54 valence electrons. The maximum atomic E-state index is 10.3. The SMILES string of the molecule is NC(=O)NC1=CC=CCC1. The van der Waals surface area contributed by atoms with Crippen molar-refractivity contribution in [1.82, 2.24) is 5.32 Å². The van der Waals surface area contributed by atoms with Crippen molar-refractivity contribution in [3.63, 3.8) is 0 Å². The smallest absolute Gasteiger partial charge is 0.316 e. The number of amides is 2. The largest absolute Gasteiger partial charge is 0.351 e. The molecule has 0 bridgehead atoms. The maximum Gasteiger partial charge on any atom is 0.316 e. The molecule has 0 aliphatic heterocycles. The molecular weight excluding hydrogens is 128 g/mol. The van der Waals surface area contributed by atoms with Crippen molar-refractivity contribution < 1.29 is 4.79 Å². The minimum absolute atomic E-state index is 0.485. The van der Waals surface area contributed by atoms with Crippen molar-refractivity contribution in [2.24, 2.45) is 5.73 Å². The number of carbonyl (C=O) groups excluding carboxylic acids is 1. The highest BCUT2D eigenvalue weighted by molar-refractivity contribution is 5.73. The Morgan fingerprint density at radius 1 is 1.70 bits per heavy atom. The summed E-state index contributed by atoms with van der Waals surface area (Å²) in [6.07, 6.45) is 7.67. The number of nitrogens with one attached hydrogen (secondary N) is 1. The summed E-state index contributed by atoms with van der Waals surface area (Å²) in [6, 6.07) is -0.485. The van der Waals surface area contributed by atoms with E-state index in [1.165, 1.54) is 0 Å². The second-order valence-electron chi connectivity index (χ2n) is 2.15. The Balaban J connectivity index is 2.47. The van der Waals surface area contributed by atoms with Crippen molar-refractivity contribution in [3.8, 4) is 0 Å². The number of rotatable bonds is 1. The molecule has 1 aliphatic rings. The molecule has 0 atom stereocenters. The molecule has 0 aromatic heterocycles. The fraction of sp³-hybridized carbons (Fsp3) is 0.286. The van der Waals surface area contributed by atoms with E-state index >= 15 is 0 Å². The van der Waals surface area contributed by atoms with E-state index in [0.29, 0.717) is 0 Å². The highest BCUT2D eigenvalue weighted by atomic mass is 16.2. The first-order valence-electron chi connectivity index (χ1n) is 3.21. The number of allylic oxidation sites excluding steroid dienone is 4. The number of hydrogen-bond acceptors (Lipinski definition) is 1. The summed E-state index contributed by atoms with van der Waals surface area (Å²) in [6.45, 7) is 0. The predicted molar refractivity (Wildman–Crippen MR) is 39.2 cm³/mol. The average molecular weight is 138 g/mol. The molecule has 0 aromatic carbocycles. The summed E-state index contributed by atoms with van der Waals surface area (Å²) in [5, 5.41) is 2.53. The third-order valence-electron chi connectivity index (χ3n) is 1.30. The fourth-order valence-corrected chi connectivity index (χ4v) is 0.865. The van der Waals surface area contributed by atoms with Gasteiger partial charge in [-0.3, -0.25) is 0 Å². The van der Waals surface area contributed by atoms with E-state index in [9.17, 15) is 4.79 Å². The number of urea groups is 1. The van der Waals surface area contributed by atoms with E-state index in [0.717, 1.165) is 18.5 Å². The molecule has 0 radical (unpaired) electrons. The van der Waals surface area contributed by atoms with Gasteiger partial charge < -0.3 is 11.1 Å². The van der Waals surface area contributed by atoms with Gasteiger partial charge in [0, 0.05) is 5.70 Å². The summed E-state index contributed by atoms with van der Waals surface area (Å²) in [5.41, 5.74) is 5.81. The van der Waals surface area contributed by atoms with Crippen molar-refractivity contribution in [2.75, 3.05) is 0 Å². The van der Waals surface area contributed by atoms with Crippen molar-refractivity contribution in [2.45, 2.75) is 12.8 Å². The number of carbonyl (C=O) groups is 1. The van der Waals surface area contributed by atoms with Gasteiger partial charge in [0.25, 0.3) is 0 Å². The molecule has 0 heterocycles. The molecule has 0 unspecified atom stereocenters. The zero-order valence-corrected chi connectivity index (χ0v) is 5.63. The van der Waals surface area contributed by atoms with Gasteiger partial charge in [-0.25, -0.2) is 4.79 Å². The summed E-state index contributed by atoms with van der Waals surface area (Å²) >= 11 is 0. The Hall–Kier alpha value is -1.25. The van der Waals surface area contributed by atoms with Gasteiger partial charge in [0.1, 0.15) is 0 Å². The van der Waals surface area contributed by atoms with Crippen molar-refractivity contribution in [3.05, 3.63) is 23.9 Å². The van der Waals surface area contributed by atoms with Crippen LogP contribution in [-0.4, -0.2) is 6.03 Å². The van der Waals surface area contributed by atoms with Gasteiger partial charge in [-0.05, 0) is 18.9 Å². The minimum Gasteiger partial charge on any atom is -0.351 e. The van der Waals surface area contributed by atoms with Crippen LogP contribution in [0.3, 0.4) is 0 Å². The van der Waals surface area contributed by atoms with Gasteiger partial charge in [-0.2, -0.15) is 0 Å². The molecule has 3 nitrogen and oxygen atoms in total. The summed E-state index contributed by atoms with van der Waals surface area (Å²) < 4.78 is 0. The highest BCUT2D eigenvalue weighted by Crippen LogP contribution is 2.07. The summed E-state index contributed by atoms with van der Waals surface area (Å²) in [5.74, 6) is 0. The van der Waals surface area contributed by atoms with Crippen LogP contribution in [0, 0.1) is 0 Å². The maximum absolute atomic E-state index is 10.3. The third kappa shape index (κ3) is 1.93. The summed E-state index contributed by atoms with van der Waals surface area (Å²) in [4.78, 5) is 10.3. The van der Waals surface area contributed by atoms with Crippen LogP contribution in [0.4, 0.5) is 4.79 Å². The van der Waals surface area contributed by atoms with Crippen LogP contribution in [0.1, 0.15) is 12.8 Å². The first-order valence-corrected chi connectivity index (χ1v) is 3.21. The molecule has 0 aromatic rings. The van der Waals surface area contributed by atoms with E-state index in [4.69, 9.17) is 5.73 Å². The monoisotopic (exact) mass is 138 g/mol. The summed E-state index contributed by atoms with van der Waals surface area (Å²) in [7, 11) is 0. The van der Waals surface area contributed by atoms with Crippen LogP contribution in [0.5, 0.6) is 0 Å². The molecule has 1 rings (SSSR count). The lowest BCUT2D eigenvalue weighted by atomic mass is 10.1. The standard InChI is InChI=1S/C7H10N2O/c8-7(10)9-6-4-2-1-3-5-6/h1-2,4H,3,5H2,(H3,8,9,10). The zero-order chi connectivity index (χ0) is 7.40. The van der Waals surface area contributed by atoms with Crippen molar-refractivity contribution in [1.29, 1.82) is 0 Å². The first kappa shape index (κ1) is 6.86. The highest BCUT2D eigenvalue weighted by Gasteiger charge is 1.99. The van der Waals surface area contributed by atoms with E-state index in [2.05, 4.69) is 5.32 Å². The topological polar surface area (TPSA) is 55.1 Å². The molecule has 0 fully saturated rings. The Labute approximate surface area is 59.6 Å². The minimum atomic E-state index is -0.485. The van der Waals surface area contributed by atoms with E-state index in [1.807, 2.05) is 18.2 Å². The van der Waals surface area contributed by atoms with Gasteiger partial charge in [0.05, 0.1) is 0 Å². The first-order chi connectivity index (χ1) is 4.79. The van der Waals surface area contributed by atoms with Gasteiger partial charge in [0.15, 0.2) is 0 Å². The molecular formula is C7H10N2O. The van der Waals surface area contributed by atoms with Gasteiger partial charge in [-0.15, -0.1) is 0 Å². The van der Waals surface area contributed by atoms with Gasteiger partial charge in [-0.1, -0.05) is 12.2 Å². The quantitative estimate of drug-likeness (QED) is 0.555. The Morgan fingerprint density at radius 3 is 3.00 bits per heavy atom. The van der Waals surface area contributed by atoms with Crippen LogP contribution in [-0.2, 0) is 0 Å². The second-order valence-corrected chi connectivity index (χ2v) is 2.15. The van der Waals surface area contributed by atoms with Crippen LogP contribution >= 0.6 is 0 Å². The Morgan fingerprint density at radius 2 is 2.50 bits per heavy atom. The number of hydrogen-bond donors (Lipinski definition) is 2. The molecule has 0 saturated heterocycles. The van der Waals surface area contributed by atoms with E-state index < -0.39 is 6.03 Å². The van der Waals surface area contributed by atoms with Crippen LogP contribution < -0.4 is 11.1 Å². The van der Waals surface area contributed by atoms with Gasteiger partial charge in [0.2, 0.25) is 0 Å². The number of nitrogens with two attached hydrogens (primary N) is 1. The fourth-order valence-electron chi connectivity index (χ4n) is 0.865. The second kappa shape index (κ2) is 3.06. The third-order valence-corrected chi connectivity index (χ3v) is 1.30. The zero-order valence-electron chi connectivity index (χ0n) is 5.63. The van der Waals surface area contributed by atoms with Crippen LogP contribution in [0.15, 0.2) is 23.9 Å². The van der Waals surface area contributed by atoms with Crippen LogP contribution in [0.25, 0.3) is 0 Å². The Kier molecular flexibility index (Phi) is 2.10. The Bertz CT molecular complexity index is 194. The molecule has 10 heavy (non-hydrogen) atoms. The molecule has 0 saturated carbocycles. The lowest BCUT2D eigenvalue weighted by molar-refractivity contribution is 0.251. The normalized spacial score (nSPS) is 16.2. The molecule has 3 N–H and O–H groups in total.